The van der Waals surface area contributed by atoms with Crippen LogP contribution in [0.1, 0.15) is 5.56 Å². The Morgan fingerprint density at radius 3 is 2.38 bits per heavy atom. The van der Waals surface area contributed by atoms with Crippen LogP contribution in [-0.2, 0) is 11.3 Å². The van der Waals surface area contributed by atoms with E-state index in [2.05, 4.69) is 25.1 Å². The molecule has 1 fully saturated rings. The smallest absolute Gasteiger partial charge is 0.230 e. The highest BCUT2D eigenvalue weighted by Gasteiger charge is 2.21. The molecular formula is C23H23Cl2N5OS. The van der Waals surface area contributed by atoms with Crippen molar-refractivity contribution < 1.29 is 4.79 Å². The first kappa shape index (κ1) is 22.7. The number of hydrogen-bond acceptors (Lipinski definition) is 6. The zero-order chi connectivity index (χ0) is 22.3. The third-order valence-corrected chi connectivity index (χ3v) is 6.48. The van der Waals surface area contributed by atoms with Crippen molar-refractivity contribution >= 4 is 52.4 Å². The van der Waals surface area contributed by atoms with E-state index in [1.807, 2.05) is 54.6 Å². The van der Waals surface area contributed by atoms with Gasteiger partial charge in [0, 0.05) is 38.8 Å². The lowest BCUT2D eigenvalue weighted by atomic mass is 10.2. The van der Waals surface area contributed by atoms with Crippen LogP contribution in [0.2, 0.25) is 10.2 Å². The summed E-state index contributed by atoms with van der Waals surface area (Å²) in [6.07, 6.45) is 0. The number of amides is 1. The molecule has 3 aromatic rings. The van der Waals surface area contributed by atoms with Gasteiger partial charge in [0.25, 0.3) is 0 Å². The summed E-state index contributed by atoms with van der Waals surface area (Å²) in [5.41, 5.74) is 2.11. The second-order valence-electron chi connectivity index (χ2n) is 7.31. The van der Waals surface area contributed by atoms with Crippen molar-refractivity contribution in [2.75, 3.05) is 41.7 Å². The third kappa shape index (κ3) is 6.06. The zero-order valence-electron chi connectivity index (χ0n) is 17.4. The molecule has 0 spiro atoms. The molecule has 0 unspecified atom stereocenters. The van der Waals surface area contributed by atoms with Crippen molar-refractivity contribution in [1.82, 2.24) is 15.3 Å². The van der Waals surface area contributed by atoms with Crippen LogP contribution in [0.5, 0.6) is 0 Å². The van der Waals surface area contributed by atoms with Crippen LogP contribution < -0.4 is 15.1 Å². The molecule has 166 valence electrons. The summed E-state index contributed by atoms with van der Waals surface area (Å²) < 4.78 is 0. The molecule has 32 heavy (non-hydrogen) atoms. The molecule has 1 aliphatic heterocycles. The van der Waals surface area contributed by atoms with Gasteiger partial charge in [0.2, 0.25) is 5.91 Å². The van der Waals surface area contributed by atoms with Crippen LogP contribution in [0.3, 0.4) is 0 Å². The molecule has 1 saturated heterocycles. The minimum absolute atomic E-state index is 0.0719. The monoisotopic (exact) mass is 487 g/mol. The molecule has 0 radical (unpaired) electrons. The standard InChI is InChI=1S/C23H23Cl2N5OS/c24-18-8-4-5-9-19(18)29-10-12-30(13-11-29)21-14-20(25)27-23(28-21)32-16-22(31)26-15-17-6-2-1-3-7-17/h1-9,14H,10-13,15-16H2,(H,26,31). The van der Waals surface area contributed by atoms with Crippen molar-refractivity contribution in [1.29, 1.82) is 0 Å². The molecule has 1 N–H and O–H groups in total. The number of rotatable bonds is 7. The summed E-state index contributed by atoms with van der Waals surface area (Å²) in [5, 5.41) is 4.54. The second-order valence-corrected chi connectivity index (χ2v) is 9.04. The number of anilines is 2. The van der Waals surface area contributed by atoms with E-state index in [1.54, 1.807) is 6.07 Å². The average Bonchev–Trinajstić information content (AvgIpc) is 2.82. The molecule has 1 aromatic heterocycles. The molecule has 2 heterocycles. The summed E-state index contributed by atoms with van der Waals surface area (Å²) >= 11 is 13.9. The summed E-state index contributed by atoms with van der Waals surface area (Å²) in [6.45, 7) is 3.74. The Bertz CT molecular complexity index is 1060. The van der Waals surface area contributed by atoms with Crippen molar-refractivity contribution in [2.45, 2.75) is 11.7 Å². The van der Waals surface area contributed by atoms with E-state index in [9.17, 15) is 4.79 Å². The summed E-state index contributed by atoms with van der Waals surface area (Å²) in [7, 11) is 0. The highest BCUT2D eigenvalue weighted by atomic mass is 35.5. The lowest BCUT2D eigenvalue weighted by molar-refractivity contribution is -0.118. The maximum atomic E-state index is 12.2. The maximum Gasteiger partial charge on any atom is 0.230 e. The van der Waals surface area contributed by atoms with Gasteiger partial charge in [-0.05, 0) is 17.7 Å². The Morgan fingerprint density at radius 2 is 1.62 bits per heavy atom. The number of piperazine rings is 1. The minimum Gasteiger partial charge on any atom is -0.367 e. The fourth-order valence-corrected chi connectivity index (χ4v) is 4.64. The number of carbonyl (C=O) groups excluding carboxylic acids is 1. The Kier molecular flexibility index (Phi) is 7.73. The summed E-state index contributed by atoms with van der Waals surface area (Å²) in [4.78, 5) is 25.6. The number of aromatic nitrogens is 2. The van der Waals surface area contributed by atoms with Crippen LogP contribution in [0.4, 0.5) is 11.5 Å². The van der Waals surface area contributed by atoms with Crippen LogP contribution in [-0.4, -0.2) is 47.8 Å². The molecule has 0 atom stereocenters. The normalized spacial score (nSPS) is 13.8. The van der Waals surface area contributed by atoms with E-state index in [4.69, 9.17) is 23.2 Å². The van der Waals surface area contributed by atoms with Crippen LogP contribution in [0, 0.1) is 0 Å². The number of thioether (sulfide) groups is 1. The number of halogens is 2. The zero-order valence-corrected chi connectivity index (χ0v) is 19.7. The van der Waals surface area contributed by atoms with Gasteiger partial charge in [-0.15, -0.1) is 0 Å². The van der Waals surface area contributed by atoms with E-state index in [0.29, 0.717) is 16.9 Å². The van der Waals surface area contributed by atoms with Crippen LogP contribution >= 0.6 is 35.0 Å². The molecule has 0 bridgehead atoms. The Morgan fingerprint density at radius 1 is 0.938 bits per heavy atom. The van der Waals surface area contributed by atoms with Gasteiger partial charge in [0.05, 0.1) is 16.5 Å². The van der Waals surface area contributed by atoms with E-state index in [1.165, 1.54) is 11.8 Å². The van der Waals surface area contributed by atoms with Gasteiger partial charge in [-0.1, -0.05) is 77.4 Å². The SMILES string of the molecule is O=C(CSc1nc(Cl)cc(N2CCN(c3ccccc3Cl)CC2)n1)NCc1ccccc1. The summed E-state index contributed by atoms with van der Waals surface area (Å²) in [5.74, 6) is 0.931. The molecule has 2 aromatic carbocycles. The van der Waals surface area contributed by atoms with Gasteiger partial charge in [-0.2, -0.15) is 0 Å². The fraction of sp³-hybridized carbons (Fsp3) is 0.261. The Balaban J connectivity index is 1.32. The molecule has 0 aliphatic carbocycles. The van der Waals surface area contributed by atoms with Gasteiger partial charge in [0.15, 0.2) is 5.16 Å². The lowest BCUT2D eigenvalue weighted by Gasteiger charge is -2.37. The maximum absolute atomic E-state index is 12.2. The first-order valence-corrected chi connectivity index (χ1v) is 12.0. The van der Waals surface area contributed by atoms with E-state index in [0.717, 1.165) is 48.3 Å². The van der Waals surface area contributed by atoms with Crippen molar-refractivity contribution in [3.63, 3.8) is 0 Å². The number of nitrogens with one attached hydrogen (secondary N) is 1. The molecule has 9 heteroatoms. The Hall–Kier alpha value is -2.48. The average molecular weight is 488 g/mol. The quantitative estimate of drug-likeness (QED) is 0.300. The number of hydrogen-bond donors (Lipinski definition) is 1. The third-order valence-electron chi connectivity index (χ3n) is 5.12. The molecular weight excluding hydrogens is 465 g/mol. The van der Waals surface area contributed by atoms with E-state index in [-0.39, 0.29) is 11.7 Å². The molecule has 0 saturated carbocycles. The van der Waals surface area contributed by atoms with E-state index >= 15 is 0 Å². The predicted octanol–water partition coefficient (Wildman–Crippen LogP) is 4.52. The van der Waals surface area contributed by atoms with Crippen molar-refractivity contribution in [3.8, 4) is 0 Å². The van der Waals surface area contributed by atoms with Crippen LogP contribution in [0.15, 0.2) is 65.8 Å². The highest BCUT2D eigenvalue weighted by molar-refractivity contribution is 7.99. The molecule has 1 amide bonds. The largest absolute Gasteiger partial charge is 0.367 e. The molecule has 6 nitrogen and oxygen atoms in total. The van der Waals surface area contributed by atoms with E-state index < -0.39 is 0 Å². The van der Waals surface area contributed by atoms with Gasteiger partial charge < -0.3 is 15.1 Å². The second kappa shape index (κ2) is 10.9. The van der Waals surface area contributed by atoms with Gasteiger partial charge in [-0.25, -0.2) is 9.97 Å². The first-order valence-electron chi connectivity index (χ1n) is 10.3. The first-order chi connectivity index (χ1) is 15.6. The fourth-order valence-electron chi connectivity index (χ4n) is 3.47. The topological polar surface area (TPSA) is 61.4 Å². The number of para-hydroxylation sites is 1. The van der Waals surface area contributed by atoms with Crippen LogP contribution in [0.25, 0.3) is 0 Å². The highest BCUT2D eigenvalue weighted by Crippen LogP contribution is 2.28. The van der Waals surface area contributed by atoms with Crippen molar-refractivity contribution in [3.05, 3.63) is 76.4 Å². The number of carbonyl (C=O) groups is 1. The number of benzene rings is 2. The Labute approximate surface area is 201 Å². The van der Waals surface area contributed by atoms with Gasteiger partial charge in [-0.3, -0.25) is 4.79 Å². The van der Waals surface area contributed by atoms with Crippen molar-refractivity contribution in [2.24, 2.45) is 0 Å². The summed E-state index contributed by atoms with van der Waals surface area (Å²) in [6, 6.07) is 19.5. The van der Waals surface area contributed by atoms with Gasteiger partial charge >= 0.3 is 0 Å². The lowest BCUT2D eigenvalue weighted by Crippen LogP contribution is -2.47. The number of nitrogens with zero attached hydrogens (tertiary/aromatic N) is 4. The molecule has 1 aliphatic rings. The minimum atomic E-state index is -0.0719. The predicted molar refractivity (Wildman–Crippen MR) is 132 cm³/mol. The van der Waals surface area contributed by atoms with Gasteiger partial charge in [0.1, 0.15) is 11.0 Å². The molecule has 4 rings (SSSR count).